The van der Waals surface area contributed by atoms with Crippen molar-refractivity contribution in [1.29, 1.82) is 0 Å². The fraction of sp³-hybridized carbons (Fsp3) is 0.391. The Kier molecular flexibility index (Phi) is 4.20. The fourth-order valence-corrected chi connectivity index (χ4v) is 5.24. The first-order valence-corrected chi connectivity index (χ1v) is 9.97. The Labute approximate surface area is 163 Å². The average Bonchev–Trinajstić information content (AvgIpc) is 3.29. The van der Waals surface area contributed by atoms with Crippen LogP contribution in [0.25, 0.3) is 0 Å². The molecule has 3 aliphatic rings. The Balaban J connectivity index is 1.51. The van der Waals surface area contributed by atoms with Crippen molar-refractivity contribution in [2.75, 3.05) is 0 Å². The van der Waals surface area contributed by atoms with Gasteiger partial charge in [0.25, 0.3) is 0 Å². The third kappa shape index (κ3) is 2.73. The van der Waals surface area contributed by atoms with E-state index in [2.05, 4.69) is 29.6 Å². The molecule has 0 radical (unpaired) electrons. The highest BCUT2D eigenvalue weighted by atomic mass is 16.5. The van der Waals surface area contributed by atoms with Crippen molar-refractivity contribution >= 4 is 11.9 Å². The predicted octanol–water partition coefficient (Wildman–Crippen LogP) is 2.87. The molecule has 2 fully saturated rings. The zero-order chi connectivity index (χ0) is 19.3. The van der Waals surface area contributed by atoms with E-state index in [0.29, 0.717) is 0 Å². The molecule has 2 bridgehead atoms. The second-order valence-electron chi connectivity index (χ2n) is 8.02. The van der Waals surface area contributed by atoms with Gasteiger partial charge in [0.2, 0.25) is 5.91 Å². The summed E-state index contributed by atoms with van der Waals surface area (Å²) in [4.78, 5) is 25.1. The molecule has 28 heavy (non-hydrogen) atoms. The van der Waals surface area contributed by atoms with Crippen LogP contribution in [0.1, 0.15) is 41.1 Å². The van der Waals surface area contributed by atoms with Gasteiger partial charge in [-0.3, -0.25) is 9.59 Å². The van der Waals surface area contributed by atoms with Gasteiger partial charge in [0.1, 0.15) is 0 Å². The topological polar surface area (TPSA) is 75.6 Å². The highest BCUT2D eigenvalue weighted by Gasteiger charge is 2.55. The number of carbonyl (C=O) groups excluding carboxylic acids is 1. The molecular formula is C23H23NO4. The standard InChI is InChI=1S/C23H23NO4/c25-22(19-17-11-12-18(28-17)20(19)23(26)27)24-21-15-7-3-1-5-13(15)9-10-14-6-2-4-8-16(14)21/h1-8,17-21H,9-12H2,(H,24,25)(H,26,27). The number of rotatable bonds is 3. The monoisotopic (exact) mass is 377 g/mol. The summed E-state index contributed by atoms with van der Waals surface area (Å²) in [5, 5.41) is 12.9. The minimum atomic E-state index is -0.936. The lowest BCUT2D eigenvalue weighted by atomic mass is 9.78. The molecule has 144 valence electrons. The first-order chi connectivity index (χ1) is 13.6. The van der Waals surface area contributed by atoms with Crippen LogP contribution >= 0.6 is 0 Å². The maximum atomic E-state index is 13.3. The molecule has 5 heteroatoms. The molecule has 5 rings (SSSR count). The van der Waals surface area contributed by atoms with E-state index in [1.807, 2.05) is 24.3 Å². The van der Waals surface area contributed by atoms with Crippen molar-refractivity contribution in [3.63, 3.8) is 0 Å². The Bertz CT molecular complexity index is 892. The number of aryl methyl sites for hydroxylation is 2. The summed E-state index contributed by atoms with van der Waals surface area (Å²) < 4.78 is 5.79. The number of hydrogen-bond acceptors (Lipinski definition) is 3. The normalized spacial score (nSPS) is 28.3. The number of carboxylic acid groups (broad SMARTS) is 1. The van der Waals surface area contributed by atoms with Crippen molar-refractivity contribution in [2.24, 2.45) is 11.8 Å². The number of ether oxygens (including phenoxy) is 1. The van der Waals surface area contributed by atoms with Gasteiger partial charge in [-0.2, -0.15) is 0 Å². The van der Waals surface area contributed by atoms with Crippen LogP contribution in [0.3, 0.4) is 0 Å². The van der Waals surface area contributed by atoms with E-state index in [-0.39, 0.29) is 24.2 Å². The summed E-state index contributed by atoms with van der Waals surface area (Å²) in [5.74, 6) is -2.53. The third-order valence-electron chi connectivity index (χ3n) is 6.54. The van der Waals surface area contributed by atoms with Crippen LogP contribution in [-0.4, -0.2) is 29.2 Å². The summed E-state index contributed by atoms with van der Waals surface area (Å²) in [7, 11) is 0. The molecule has 2 aromatic rings. The zero-order valence-electron chi connectivity index (χ0n) is 15.5. The lowest BCUT2D eigenvalue weighted by Crippen LogP contribution is -2.45. The quantitative estimate of drug-likeness (QED) is 0.862. The highest BCUT2D eigenvalue weighted by Crippen LogP contribution is 2.44. The van der Waals surface area contributed by atoms with E-state index in [9.17, 15) is 14.7 Å². The minimum Gasteiger partial charge on any atom is -0.481 e. The van der Waals surface area contributed by atoms with Gasteiger partial charge in [-0.05, 0) is 47.9 Å². The van der Waals surface area contributed by atoms with Crippen molar-refractivity contribution < 1.29 is 19.4 Å². The number of fused-ring (bicyclic) bond motifs is 4. The number of carbonyl (C=O) groups is 2. The molecule has 2 saturated heterocycles. The Morgan fingerprint density at radius 3 is 1.96 bits per heavy atom. The van der Waals surface area contributed by atoms with Crippen molar-refractivity contribution in [2.45, 2.75) is 43.9 Å². The molecule has 4 atom stereocenters. The Morgan fingerprint density at radius 1 is 0.857 bits per heavy atom. The van der Waals surface area contributed by atoms with Crippen LogP contribution in [0.15, 0.2) is 48.5 Å². The van der Waals surface area contributed by atoms with Gasteiger partial charge in [-0.1, -0.05) is 48.5 Å². The summed E-state index contributed by atoms with van der Waals surface area (Å²) in [6, 6.07) is 16.1. The lowest BCUT2D eigenvalue weighted by molar-refractivity contribution is -0.148. The number of aliphatic carboxylic acids is 1. The first kappa shape index (κ1) is 17.4. The smallest absolute Gasteiger partial charge is 0.310 e. The molecule has 1 amide bonds. The van der Waals surface area contributed by atoms with E-state index >= 15 is 0 Å². The molecule has 0 aromatic heterocycles. The van der Waals surface area contributed by atoms with Crippen LogP contribution in [0, 0.1) is 11.8 Å². The average molecular weight is 377 g/mol. The Morgan fingerprint density at radius 2 is 1.39 bits per heavy atom. The summed E-state index contributed by atoms with van der Waals surface area (Å²) >= 11 is 0. The van der Waals surface area contributed by atoms with Crippen LogP contribution in [0.4, 0.5) is 0 Å². The molecule has 0 spiro atoms. The number of nitrogens with one attached hydrogen (secondary N) is 1. The van der Waals surface area contributed by atoms with Gasteiger partial charge in [-0.25, -0.2) is 0 Å². The van der Waals surface area contributed by atoms with Gasteiger partial charge < -0.3 is 15.2 Å². The second kappa shape index (κ2) is 6.74. The lowest BCUT2D eigenvalue weighted by Gasteiger charge is -2.28. The summed E-state index contributed by atoms with van der Waals surface area (Å²) in [6.07, 6.45) is 2.70. The van der Waals surface area contributed by atoms with E-state index in [1.54, 1.807) is 0 Å². The van der Waals surface area contributed by atoms with Crippen molar-refractivity contribution in [3.05, 3.63) is 70.8 Å². The summed E-state index contributed by atoms with van der Waals surface area (Å²) in [6.45, 7) is 0. The highest BCUT2D eigenvalue weighted by molar-refractivity contribution is 5.87. The first-order valence-electron chi connectivity index (χ1n) is 9.97. The maximum Gasteiger partial charge on any atom is 0.310 e. The Hall–Kier alpha value is -2.66. The van der Waals surface area contributed by atoms with Gasteiger partial charge in [0.05, 0.1) is 30.1 Å². The van der Waals surface area contributed by atoms with E-state index < -0.39 is 17.8 Å². The molecule has 2 aliphatic heterocycles. The predicted molar refractivity (Wildman–Crippen MR) is 103 cm³/mol. The molecule has 5 nitrogen and oxygen atoms in total. The van der Waals surface area contributed by atoms with E-state index in [0.717, 1.165) is 36.8 Å². The van der Waals surface area contributed by atoms with Crippen LogP contribution in [0.2, 0.25) is 0 Å². The molecule has 2 N–H and O–H groups in total. The van der Waals surface area contributed by atoms with Gasteiger partial charge in [0, 0.05) is 0 Å². The van der Waals surface area contributed by atoms with Crippen LogP contribution in [0.5, 0.6) is 0 Å². The van der Waals surface area contributed by atoms with Gasteiger partial charge >= 0.3 is 5.97 Å². The largest absolute Gasteiger partial charge is 0.481 e. The van der Waals surface area contributed by atoms with Crippen LogP contribution < -0.4 is 5.32 Å². The third-order valence-corrected chi connectivity index (χ3v) is 6.54. The fourth-order valence-electron chi connectivity index (χ4n) is 5.24. The van der Waals surface area contributed by atoms with Crippen molar-refractivity contribution in [3.8, 4) is 0 Å². The molecule has 0 saturated carbocycles. The van der Waals surface area contributed by atoms with E-state index in [4.69, 9.17) is 4.74 Å². The molecular weight excluding hydrogens is 354 g/mol. The van der Waals surface area contributed by atoms with Crippen molar-refractivity contribution in [1.82, 2.24) is 5.32 Å². The number of amides is 1. The van der Waals surface area contributed by atoms with Gasteiger partial charge in [-0.15, -0.1) is 0 Å². The van der Waals surface area contributed by atoms with Crippen LogP contribution in [-0.2, 0) is 27.2 Å². The number of hydrogen-bond donors (Lipinski definition) is 2. The zero-order valence-corrected chi connectivity index (χ0v) is 15.5. The maximum absolute atomic E-state index is 13.3. The van der Waals surface area contributed by atoms with E-state index in [1.165, 1.54) is 11.1 Å². The molecule has 2 aromatic carbocycles. The molecule has 2 heterocycles. The molecule has 1 aliphatic carbocycles. The SMILES string of the molecule is O=C(O)C1C2CCC(O2)C1C(=O)NC1c2ccccc2CCc2ccccc21. The second-order valence-corrected chi connectivity index (χ2v) is 8.02. The number of carboxylic acids is 1. The summed E-state index contributed by atoms with van der Waals surface area (Å²) in [5.41, 5.74) is 4.64. The minimum absolute atomic E-state index is 0.212. The molecule has 4 unspecified atom stereocenters. The van der Waals surface area contributed by atoms with Gasteiger partial charge in [0.15, 0.2) is 0 Å². The number of benzene rings is 2.